The molecule has 0 bridgehead atoms. The van der Waals surface area contributed by atoms with E-state index in [1.807, 2.05) is 12.1 Å². The summed E-state index contributed by atoms with van der Waals surface area (Å²) < 4.78 is 51.5. The van der Waals surface area contributed by atoms with Crippen LogP contribution in [0.3, 0.4) is 0 Å². The minimum absolute atomic E-state index is 0.146. The molecular weight excluding hydrogens is 411 g/mol. The molecule has 31 heavy (non-hydrogen) atoms. The van der Waals surface area contributed by atoms with Gasteiger partial charge in [0.1, 0.15) is 11.4 Å². The van der Waals surface area contributed by atoms with Gasteiger partial charge in [0.15, 0.2) is 0 Å². The van der Waals surface area contributed by atoms with Crippen molar-refractivity contribution in [3.63, 3.8) is 0 Å². The number of benzene rings is 2. The van der Waals surface area contributed by atoms with E-state index >= 15 is 0 Å². The molecule has 6 nitrogen and oxygen atoms in total. The maximum atomic E-state index is 13.2. The maximum Gasteiger partial charge on any atom is 0.416 e. The molecule has 9 heteroatoms. The molecule has 0 fully saturated rings. The van der Waals surface area contributed by atoms with Gasteiger partial charge in [-0.2, -0.15) is 18.3 Å². The van der Waals surface area contributed by atoms with Gasteiger partial charge in [0, 0.05) is 18.7 Å². The van der Waals surface area contributed by atoms with Crippen molar-refractivity contribution < 1.29 is 22.6 Å². The number of halogens is 3. The van der Waals surface area contributed by atoms with Crippen LogP contribution in [0.1, 0.15) is 11.3 Å². The Bertz CT molecular complexity index is 1290. The van der Waals surface area contributed by atoms with Crippen LogP contribution in [0.5, 0.6) is 5.75 Å². The molecule has 4 aromatic rings. The zero-order chi connectivity index (χ0) is 22.2. The Morgan fingerprint density at radius 1 is 1.03 bits per heavy atom. The van der Waals surface area contributed by atoms with E-state index in [4.69, 9.17) is 9.47 Å². The molecule has 2 heterocycles. The zero-order valence-electron chi connectivity index (χ0n) is 16.7. The van der Waals surface area contributed by atoms with E-state index in [2.05, 4.69) is 10.1 Å². The fraction of sp³-hybridized carbons (Fsp3) is 0.182. The van der Waals surface area contributed by atoms with Crippen molar-refractivity contribution >= 4 is 5.65 Å². The molecule has 0 atom stereocenters. The van der Waals surface area contributed by atoms with Gasteiger partial charge >= 0.3 is 6.18 Å². The summed E-state index contributed by atoms with van der Waals surface area (Å²) in [7, 11) is 3.07. The summed E-state index contributed by atoms with van der Waals surface area (Å²) in [4.78, 5) is 15.2. The normalized spacial score (nSPS) is 11.8. The van der Waals surface area contributed by atoms with E-state index in [1.165, 1.54) is 29.8 Å². The van der Waals surface area contributed by atoms with Crippen LogP contribution in [-0.4, -0.2) is 28.8 Å². The number of nitrogens with one attached hydrogen (secondary N) is 1. The smallest absolute Gasteiger partial charge is 0.416 e. The lowest BCUT2D eigenvalue weighted by atomic mass is 10.1. The van der Waals surface area contributed by atoms with Crippen LogP contribution >= 0.6 is 0 Å². The van der Waals surface area contributed by atoms with Gasteiger partial charge in [-0.3, -0.25) is 4.79 Å². The predicted octanol–water partition coefficient (Wildman–Crippen LogP) is 4.53. The summed E-state index contributed by atoms with van der Waals surface area (Å²) in [6.07, 6.45) is -4.50. The van der Waals surface area contributed by atoms with Gasteiger partial charge in [-0.05, 0) is 29.8 Å². The number of nitrogens with zero attached hydrogens (tertiary/aromatic N) is 2. The molecule has 0 amide bonds. The first kappa shape index (κ1) is 20.7. The van der Waals surface area contributed by atoms with Crippen molar-refractivity contribution in [2.45, 2.75) is 12.8 Å². The number of rotatable bonds is 5. The number of hydrogen-bond acceptors (Lipinski definition) is 4. The van der Waals surface area contributed by atoms with E-state index in [-0.39, 0.29) is 17.9 Å². The molecular formula is C22H18F3N3O3. The fourth-order valence-electron chi connectivity index (χ4n) is 3.45. The maximum absolute atomic E-state index is 13.2. The average molecular weight is 429 g/mol. The Balaban J connectivity index is 1.98. The third-order valence-corrected chi connectivity index (χ3v) is 4.84. The molecule has 2 aromatic heterocycles. The van der Waals surface area contributed by atoms with Crippen molar-refractivity contribution in [1.29, 1.82) is 0 Å². The van der Waals surface area contributed by atoms with E-state index < -0.39 is 17.3 Å². The number of fused-ring (bicyclic) bond motifs is 1. The molecule has 0 spiro atoms. The van der Waals surface area contributed by atoms with Crippen LogP contribution in [0.4, 0.5) is 13.2 Å². The van der Waals surface area contributed by atoms with Crippen molar-refractivity contribution in [3.8, 4) is 28.1 Å². The molecule has 4 rings (SSSR count). The molecule has 0 unspecified atom stereocenters. The molecule has 0 saturated heterocycles. The first-order valence-electron chi connectivity index (χ1n) is 9.27. The van der Waals surface area contributed by atoms with Crippen molar-refractivity contribution in [1.82, 2.24) is 14.6 Å². The summed E-state index contributed by atoms with van der Waals surface area (Å²) >= 11 is 0. The Morgan fingerprint density at radius 3 is 2.42 bits per heavy atom. The SMILES string of the molecule is COCc1nn2c(-c3cccc(C(F)(F)F)c3)cc(=O)[nH]c2c1-c1ccc(OC)cc1. The minimum atomic E-state index is -4.50. The highest BCUT2D eigenvalue weighted by molar-refractivity contribution is 5.82. The molecule has 1 N–H and O–H groups in total. The van der Waals surface area contributed by atoms with Crippen LogP contribution in [0.25, 0.3) is 28.0 Å². The van der Waals surface area contributed by atoms with Crippen LogP contribution in [-0.2, 0) is 17.5 Å². The van der Waals surface area contributed by atoms with Crippen LogP contribution in [0, 0.1) is 0 Å². The second-order valence-corrected chi connectivity index (χ2v) is 6.84. The first-order chi connectivity index (χ1) is 14.8. The topological polar surface area (TPSA) is 68.6 Å². The van der Waals surface area contributed by atoms with Gasteiger partial charge in [-0.25, -0.2) is 4.52 Å². The number of H-pyrrole nitrogens is 1. The summed E-state index contributed by atoms with van der Waals surface area (Å²) in [5.41, 5.74) is 1.45. The molecule has 0 aliphatic heterocycles. The molecule has 0 radical (unpaired) electrons. The lowest BCUT2D eigenvalue weighted by Gasteiger charge is -2.10. The number of hydrogen-bond donors (Lipinski definition) is 1. The van der Waals surface area contributed by atoms with Crippen LogP contribution in [0.2, 0.25) is 0 Å². The number of alkyl halides is 3. The van der Waals surface area contributed by atoms with Crippen molar-refractivity contribution in [2.24, 2.45) is 0 Å². The standard InChI is InChI=1S/C22H18F3N3O3/c1-30-12-17-20(13-6-8-16(31-2)9-7-13)21-26-19(29)11-18(28(21)27-17)14-4-3-5-15(10-14)22(23,24)25/h3-11H,12H2,1-2H3,(H,26,29). The molecule has 0 aliphatic carbocycles. The number of methoxy groups -OCH3 is 2. The quantitative estimate of drug-likeness (QED) is 0.506. The van der Waals surface area contributed by atoms with E-state index in [9.17, 15) is 18.0 Å². The molecule has 160 valence electrons. The van der Waals surface area contributed by atoms with Gasteiger partial charge in [0.25, 0.3) is 5.56 Å². The van der Waals surface area contributed by atoms with E-state index in [0.29, 0.717) is 22.7 Å². The van der Waals surface area contributed by atoms with Gasteiger partial charge in [-0.1, -0.05) is 24.3 Å². The largest absolute Gasteiger partial charge is 0.497 e. The molecule has 0 saturated carbocycles. The number of ether oxygens (including phenoxy) is 2. The lowest BCUT2D eigenvalue weighted by molar-refractivity contribution is -0.137. The number of aromatic nitrogens is 3. The van der Waals surface area contributed by atoms with E-state index in [0.717, 1.165) is 17.7 Å². The highest BCUT2D eigenvalue weighted by Gasteiger charge is 2.30. The van der Waals surface area contributed by atoms with Crippen LogP contribution in [0.15, 0.2) is 59.4 Å². The summed E-state index contributed by atoms with van der Waals surface area (Å²) in [6.45, 7) is 0.146. The third kappa shape index (κ3) is 3.91. The highest BCUT2D eigenvalue weighted by atomic mass is 19.4. The Hall–Kier alpha value is -3.59. The summed E-state index contributed by atoms with van der Waals surface area (Å²) in [6, 6.07) is 13.2. The van der Waals surface area contributed by atoms with Gasteiger partial charge in [0.05, 0.1) is 36.2 Å². The van der Waals surface area contributed by atoms with E-state index in [1.54, 1.807) is 19.2 Å². The van der Waals surface area contributed by atoms with Crippen molar-refractivity contribution in [2.75, 3.05) is 14.2 Å². The zero-order valence-corrected chi connectivity index (χ0v) is 16.7. The monoisotopic (exact) mass is 429 g/mol. The Kier molecular flexibility index (Phi) is 5.28. The average Bonchev–Trinajstić information content (AvgIpc) is 3.10. The van der Waals surface area contributed by atoms with Crippen LogP contribution < -0.4 is 10.3 Å². The fourth-order valence-corrected chi connectivity index (χ4v) is 3.45. The lowest BCUT2D eigenvalue weighted by Crippen LogP contribution is -2.10. The Labute approximate surface area is 174 Å². The summed E-state index contributed by atoms with van der Waals surface area (Å²) in [5.74, 6) is 0.659. The van der Waals surface area contributed by atoms with Gasteiger partial charge in [0.2, 0.25) is 0 Å². The number of aromatic amines is 1. The molecule has 2 aromatic carbocycles. The van der Waals surface area contributed by atoms with Crippen molar-refractivity contribution in [3.05, 3.63) is 76.2 Å². The summed E-state index contributed by atoms with van der Waals surface area (Å²) in [5, 5.41) is 4.54. The highest BCUT2D eigenvalue weighted by Crippen LogP contribution is 2.34. The third-order valence-electron chi connectivity index (χ3n) is 4.84. The predicted molar refractivity (Wildman–Crippen MR) is 109 cm³/mol. The second kappa shape index (κ2) is 7.92. The minimum Gasteiger partial charge on any atom is -0.497 e. The van der Waals surface area contributed by atoms with Gasteiger partial charge in [-0.15, -0.1) is 0 Å². The van der Waals surface area contributed by atoms with Gasteiger partial charge < -0.3 is 14.5 Å². The second-order valence-electron chi connectivity index (χ2n) is 6.84. The Morgan fingerprint density at radius 2 is 1.77 bits per heavy atom. The molecule has 0 aliphatic rings. The first-order valence-corrected chi connectivity index (χ1v) is 9.27.